The molecular formula is C12H16OS. The van der Waals surface area contributed by atoms with Crippen LogP contribution in [0, 0.1) is 13.8 Å². The first-order valence-corrected chi connectivity index (χ1v) is 5.97. The summed E-state index contributed by atoms with van der Waals surface area (Å²) in [7, 11) is 0. The molecule has 1 aromatic carbocycles. The Morgan fingerprint density at radius 3 is 2.57 bits per heavy atom. The van der Waals surface area contributed by atoms with Crippen molar-refractivity contribution in [3.05, 3.63) is 28.8 Å². The lowest BCUT2D eigenvalue weighted by Gasteiger charge is -2.33. The van der Waals surface area contributed by atoms with E-state index in [1.165, 1.54) is 16.0 Å². The summed E-state index contributed by atoms with van der Waals surface area (Å²) in [6.07, 6.45) is 0.856. The molecule has 1 unspecified atom stereocenters. The van der Waals surface area contributed by atoms with Gasteiger partial charge in [0.1, 0.15) is 0 Å². The fraction of sp³-hybridized carbons (Fsp3) is 0.500. The molecular weight excluding hydrogens is 192 g/mol. The Bertz CT molecular complexity index is 369. The van der Waals surface area contributed by atoms with E-state index in [-0.39, 0.29) is 0 Å². The number of hydrogen-bond donors (Lipinski definition) is 1. The summed E-state index contributed by atoms with van der Waals surface area (Å²) >= 11 is 1.87. The van der Waals surface area contributed by atoms with Crippen molar-refractivity contribution >= 4 is 11.8 Å². The van der Waals surface area contributed by atoms with Gasteiger partial charge in [-0.2, -0.15) is 0 Å². The first-order valence-electron chi connectivity index (χ1n) is 4.98. The van der Waals surface area contributed by atoms with Crippen LogP contribution in [0.5, 0.6) is 0 Å². The number of aliphatic hydroxyl groups is 1. The Morgan fingerprint density at radius 2 is 1.93 bits per heavy atom. The minimum atomic E-state index is -0.628. The van der Waals surface area contributed by atoms with E-state index in [2.05, 4.69) is 26.0 Å². The van der Waals surface area contributed by atoms with Crippen molar-refractivity contribution in [2.75, 3.05) is 5.75 Å². The fourth-order valence-corrected chi connectivity index (χ4v) is 3.64. The molecule has 0 amide bonds. The predicted octanol–water partition coefficient (Wildman–Crippen LogP) is 3.01. The molecule has 2 rings (SSSR count). The van der Waals surface area contributed by atoms with Gasteiger partial charge in [-0.05, 0) is 38.3 Å². The number of hydrogen-bond acceptors (Lipinski definition) is 2. The van der Waals surface area contributed by atoms with Crippen molar-refractivity contribution in [3.63, 3.8) is 0 Å². The minimum Gasteiger partial charge on any atom is -0.385 e. The lowest BCUT2D eigenvalue weighted by atomic mass is 9.88. The zero-order valence-corrected chi connectivity index (χ0v) is 9.74. The van der Waals surface area contributed by atoms with E-state index in [4.69, 9.17) is 0 Å². The minimum absolute atomic E-state index is 0.628. The molecule has 1 heterocycles. The molecule has 76 valence electrons. The van der Waals surface area contributed by atoms with Gasteiger partial charge in [0, 0.05) is 16.2 Å². The Labute approximate surface area is 89.5 Å². The zero-order valence-electron chi connectivity index (χ0n) is 8.92. The van der Waals surface area contributed by atoms with Crippen molar-refractivity contribution < 1.29 is 5.11 Å². The molecule has 0 fully saturated rings. The second-order valence-corrected chi connectivity index (χ2v) is 5.38. The van der Waals surface area contributed by atoms with Crippen LogP contribution in [-0.4, -0.2) is 10.9 Å². The van der Waals surface area contributed by atoms with Gasteiger partial charge < -0.3 is 5.11 Å². The summed E-state index contributed by atoms with van der Waals surface area (Å²) in [6, 6.07) is 4.25. The SMILES string of the molecule is Cc1ccc(C)c2c1SCCC2(C)O. The molecule has 0 aromatic heterocycles. The quantitative estimate of drug-likeness (QED) is 0.707. The Morgan fingerprint density at radius 1 is 1.29 bits per heavy atom. The summed E-state index contributed by atoms with van der Waals surface area (Å²) in [4.78, 5) is 1.29. The van der Waals surface area contributed by atoms with Crippen molar-refractivity contribution in [2.45, 2.75) is 37.7 Å². The van der Waals surface area contributed by atoms with Gasteiger partial charge in [-0.15, -0.1) is 11.8 Å². The van der Waals surface area contributed by atoms with E-state index in [9.17, 15) is 5.11 Å². The first-order chi connectivity index (χ1) is 6.52. The van der Waals surface area contributed by atoms with E-state index in [0.717, 1.165) is 17.7 Å². The molecule has 1 atom stereocenters. The van der Waals surface area contributed by atoms with Crippen LogP contribution in [0.1, 0.15) is 30.0 Å². The van der Waals surface area contributed by atoms with Crippen LogP contribution in [0.4, 0.5) is 0 Å². The van der Waals surface area contributed by atoms with Gasteiger partial charge in [0.15, 0.2) is 0 Å². The molecule has 1 N–H and O–H groups in total. The highest BCUT2D eigenvalue weighted by atomic mass is 32.2. The average molecular weight is 208 g/mol. The summed E-state index contributed by atoms with van der Waals surface area (Å²) in [6.45, 7) is 6.13. The topological polar surface area (TPSA) is 20.2 Å². The van der Waals surface area contributed by atoms with Crippen LogP contribution in [0.25, 0.3) is 0 Å². The number of benzene rings is 1. The Balaban J connectivity index is 2.67. The van der Waals surface area contributed by atoms with Crippen LogP contribution >= 0.6 is 11.8 Å². The smallest absolute Gasteiger partial charge is 0.0890 e. The van der Waals surface area contributed by atoms with E-state index >= 15 is 0 Å². The van der Waals surface area contributed by atoms with Crippen molar-refractivity contribution in [1.29, 1.82) is 0 Å². The largest absolute Gasteiger partial charge is 0.385 e. The Kier molecular flexibility index (Phi) is 2.36. The van der Waals surface area contributed by atoms with Gasteiger partial charge in [0.2, 0.25) is 0 Å². The molecule has 1 aromatic rings. The predicted molar refractivity (Wildman–Crippen MR) is 60.8 cm³/mol. The molecule has 0 spiro atoms. The molecule has 1 aliphatic heterocycles. The molecule has 1 aliphatic rings. The third-order valence-corrected chi connectivity index (χ3v) is 4.16. The van der Waals surface area contributed by atoms with E-state index in [1.54, 1.807) is 0 Å². The molecule has 1 nitrogen and oxygen atoms in total. The van der Waals surface area contributed by atoms with Crippen molar-refractivity contribution in [3.8, 4) is 0 Å². The maximum absolute atomic E-state index is 10.3. The number of fused-ring (bicyclic) bond motifs is 1. The van der Waals surface area contributed by atoms with Gasteiger partial charge in [0.25, 0.3) is 0 Å². The molecule has 2 heteroatoms. The zero-order chi connectivity index (χ0) is 10.3. The Hall–Kier alpha value is -0.470. The van der Waals surface area contributed by atoms with Gasteiger partial charge >= 0.3 is 0 Å². The van der Waals surface area contributed by atoms with Crippen molar-refractivity contribution in [1.82, 2.24) is 0 Å². The highest BCUT2D eigenvalue weighted by molar-refractivity contribution is 7.99. The number of thioether (sulfide) groups is 1. The standard InChI is InChI=1S/C12H16OS/c1-8-4-5-9(2)11-10(8)12(3,13)6-7-14-11/h4-5,13H,6-7H2,1-3H3. The first kappa shape index (κ1) is 10.1. The lowest BCUT2D eigenvalue weighted by Crippen LogP contribution is -2.27. The van der Waals surface area contributed by atoms with E-state index < -0.39 is 5.60 Å². The third-order valence-electron chi connectivity index (χ3n) is 2.94. The third kappa shape index (κ3) is 1.47. The fourth-order valence-electron chi connectivity index (χ4n) is 2.12. The second-order valence-electron chi connectivity index (χ2n) is 4.28. The summed E-state index contributed by atoms with van der Waals surface area (Å²) in [5, 5.41) is 10.3. The highest BCUT2D eigenvalue weighted by Gasteiger charge is 2.32. The van der Waals surface area contributed by atoms with Crippen LogP contribution < -0.4 is 0 Å². The molecule has 0 radical (unpaired) electrons. The van der Waals surface area contributed by atoms with Crippen LogP contribution in [-0.2, 0) is 5.60 Å². The normalized spacial score (nSPS) is 26.0. The van der Waals surface area contributed by atoms with Crippen molar-refractivity contribution in [2.24, 2.45) is 0 Å². The maximum atomic E-state index is 10.3. The lowest BCUT2D eigenvalue weighted by molar-refractivity contribution is 0.0489. The van der Waals surface area contributed by atoms with E-state index in [1.807, 2.05) is 18.7 Å². The average Bonchev–Trinajstić information content (AvgIpc) is 2.10. The van der Waals surface area contributed by atoms with E-state index in [0.29, 0.717) is 0 Å². The molecule has 0 bridgehead atoms. The summed E-state index contributed by atoms with van der Waals surface area (Å²) < 4.78 is 0. The summed E-state index contributed by atoms with van der Waals surface area (Å²) in [5.74, 6) is 1.02. The second kappa shape index (κ2) is 3.28. The molecule has 0 aliphatic carbocycles. The summed E-state index contributed by atoms with van der Waals surface area (Å²) in [5.41, 5.74) is 3.02. The van der Waals surface area contributed by atoms with Gasteiger partial charge in [-0.25, -0.2) is 0 Å². The molecule has 14 heavy (non-hydrogen) atoms. The van der Waals surface area contributed by atoms with Crippen LogP contribution in [0.3, 0.4) is 0 Å². The monoisotopic (exact) mass is 208 g/mol. The van der Waals surface area contributed by atoms with Crippen LogP contribution in [0.15, 0.2) is 17.0 Å². The number of aryl methyl sites for hydroxylation is 2. The van der Waals surface area contributed by atoms with Gasteiger partial charge in [-0.1, -0.05) is 12.1 Å². The van der Waals surface area contributed by atoms with Gasteiger partial charge in [0.05, 0.1) is 5.60 Å². The maximum Gasteiger partial charge on any atom is 0.0890 e. The number of rotatable bonds is 0. The molecule has 0 saturated carbocycles. The van der Waals surface area contributed by atoms with Gasteiger partial charge in [-0.3, -0.25) is 0 Å². The molecule has 0 saturated heterocycles. The highest BCUT2D eigenvalue weighted by Crippen LogP contribution is 2.43. The van der Waals surface area contributed by atoms with Crippen LogP contribution in [0.2, 0.25) is 0 Å².